The number of H-pyrrole nitrogens is 1. The number of nitrogens with one attached hydrogen (secondary N) is 1. The number of aryl methyl sites for hydroxylation is 1. The number of hydrogen-bond donors (Lipinski definition) is 1. The van der Waals surface area contributed by atoms with Crippen LogP contribution in [-0.2, 0) is 11.3 Å². The van der Waals surface area contributed by atoms with Gasteiger partial charge in [0.2, 0.25) is 0 Å². The molecule has 10 heteroatoms. The molecule has 4 heterocycles. The molecule has 192 valence electrons. The van der Waals surface area contributed by atoms with Crippen LogP contribution in [0.5, 0.6) is 0 Å². The number of halogens is 1. The van der Waals surface area contributed by atoms with Crippen molar-refractivity contribution in [1.82, 2.24) is 30.1 Å². The van der Waals surface area contributed by atoms with Gasteiger partial charge in [-0.25, -0.2) is 9.07 Å². The summed E-state index contributed by atoms with van der Waals surface area (Å²) in [6.07, 6.45) is 2.06. The van der Waals surface area contributed by atoms with E-state index in [1.165, 1.54) is 12.1 Å². The Hall–Kier alpha value is -3.63. The maximum absolute atomic E-state index is 13.5. The highest BCUT2D eigenvalue weighted by atomic mass is 19.1. The van der Waals surface area contributed by atoms with Crippen molar-refractivity contribution in [1.29, 1.82) is 0 Å². The Kier molecular flexibility index (Phi) is 6.43. The number of pyridine rings is 1. The average molecular weight is 504 g/mol. The van der Waals surface area contributed by atoms with E-state index in [0.717, 1.165) is 54.7 Å². The molecule has 2 saturated heterocycles. The molecular formula is C27H30FN7O2. The van der Waals surface area contributed by atoms with Gasteiger partial charge in [0.15, 0.2) is 5.82 Å². The second kappa shape index (κ2) is 10.0. The first-order chi connectivity index (χ1) is 18.0. The van der Waals surface area contributed by atoms with Crippen LogP contribution in [0.4, 0.5) is 10.1 Å². The fourth-order valence-electron chi connectivity index (χ4n) is 5.44. The lowest BCUT2D eigenvalue weighted by Gasteiger charge is -2.39. The van der Waals surface area contributed by atoms with Crippen LogP contribution in [0.3, 0.4) is 0 Å². The summed E-state index contributed by atoms with van der Waals surface area (Å²) in [6.45, 7) is 6.18. The predicted molar refractivity (Wildman–Crippen MR) is 138 cm³/mol. The molecule has 2 aromatic carbocycles. The molecule has 1 N–H and O–H groups in total. The number of hydrogen-bond acceptors (Lipinski definition) is 7. The smallest absolute Gasteiger partial charge is 0.253 e. The van der Waals surface area contributed by atoms with Crippen molar-refractivity contribution in [3.05, 3.63) is 81.7 Å². The van der Waals surface area contributed by atoms with Crippen LogP contribution in [0, 0.1) is 12.7 Å². The van der Waals surface area contributed by atoms with Gasteiger partial charge in [-0.2, -0.15) is 0 Å². The summed E-state index contributed by atoms with van der Waals surface area (Å²) in [4.78, 5) is 21.0. The SMILES string of the molecule is Cc1ccc2cc([C@@H](c3nnnn3C[C@H]3CCCO3)N3CCN(c4ccc(F)cc4)CC3)c(=O)[nH]c2c1. The summed E-state index contributed by atoms with van der Waals surface area (Å²) in [7, 11) is 0. The molecule has 2 aromatic heterocycles. The molecule has 0 aliphatic carbocycles. The molecule has 0 saturated carbocycles. The monoisotopic (exact) mass is 503 g/mol. The van der Waals surface area contributed by atoms with Gasteiger partial charge < -0.3 is 14.6 Å². The Morgan fingerprint density at radius 1 is 1.11 bits per heavy atom. The minimum atomic E-state index is -0.416. The first-order valence-corrected chi connectivity index (χ1v) is 12.8. The molecule has 2 aliphatic rings. The molecule has 0 bridgehead atoms. The molecule has 0 unspecified atom stereocenters. The van der Waals surface area contributed by atoms with Crippen LogP contribution in [0.1, 0.15) is 35.8 Å². The number of fused-ring (bicyclic) bond motifs is 1. The Labute approximate surface area is 213 Å². The zero-order valence-corrected chi connectivity index (χ0v) is 20.8. The van der Waals surface area contributed by atoms with E-state index in [9.17, 15) is 9.18 Å². The minimum absolute atomic E-state index is 0.0658. The lowest BCUT2D eigenvalue weighted by molar-refractivity contribution is 0.0906. The summed E-state index contributed by atoms with van der Waals surface area (Å²) in [5.74, 6) is 0.397. The molecular weight excluding hydrogens is 473 g/mol. The molecule has 2 fully saturated rings. The third kappa shape index (κ3) is 4.86. The number of nitrogens with zero attached hydrogens (tertiary/aromatic N) is 6. The number of ether oxygens (including phenoxy) is 1. The molecule has 0 amide bonds. The van der Waals surface area contributed by atoms with Crippen LogP contribution in [0.15, 0.2) is 53.3 Å². The highest BCUT2D eigenvalue weighted by molar-refractivity contribution is 5.79. The number of piperazine rings is 1. The maximum atomic E-state index is 13.5. The molecule has 37 heavy (non-hydrogen) atoms. The van der Waals surface area contributed by atoms with Gasteiger partial charge in [-0.3, -0.25) is 9.69 Å². The number of rotatable bonds is 6. The molecule has 9 nitrogen and oxygen atoms in total. The van der Waals surface area contributed by atoms with Crippen molar-refractivity contribution in [3.63, 3.8) is 0 Å². The number of aromatic nitrogens is 5. The Balaban J connectivity index is 1.35. The largest absolute Gasteiger partial charge is 0.376 e. The quantitative estimate of drug-likeness (QED) is 0.432. The zero-order valence-electron chi connectivity index (χ0n) is 20.8. The van der Waals surface area contributed by atoms with Crippen LogP contribution < -0.4 is 10.5 Å². The van der Waals surface area contributed by atoms with Gasteiger partial charge in [-0.05, 0) is 77.5 Å². The van der Waals surface area contributed by atoms with Crippen LogP contribution in [-0.4, -0.2) is 69.0 Å². The van der Waals surface area contributed by atoms with Crippen molar-refractivity contribution in [3.8, 4) is 0 Å². The Morgan fingerprint density at radius 2 is 1.92 bits per heavy atom. The molecule has 2 atom stereocenters. The lowest BCUT2D eigenvalue weighted by atomic mass is 10.0. The average Bonchev–Trinajstić information content (AvgIpc) is 3.58. The number of anilines is 1. The van der Waals surface area contributed by atoms with Crippen molar-refractivity contribution in [2.24, 2.45) is 0 Å². The number of tetrazole rings is 1. The summed E-state index contributed by atoms with van der Waals surface area (Å²) in [6, 6.07) is 14.2. The molecule has 0 radical (unpaired) electrons. The second-order valence-electron chi connectivity index (χ2n) is 9.90. The van der Waals surface area contributed by atoms with E-state index in [0.29, 0.717) is 31.0 Å². The number of benzene rings is 2. The highest BCUT2D eigenvalue weighted by Crippen LogP contribution is 2.29. The van der Waals surface area contributed by atoms with E-state index >= 15 is 0 Å². The maximum Gasteiger partial charge on any atom is 0.253 e. The first kappa shape index (κ1) is 23.7. The fraction of sp³-hybridized carbons (Fsp3) is 0.407. The van der Waals surface area contributed by atoms with Crippen molar-refractivity contribution in [2.75, 3.05) is 37.7 Å². The van der Waals surface area contributed by atoms with E-state index in [2.05, 4.69) is 30.3 Å². The van der Waals surface area contributed by atoms with Crippen LogP contribution >= 0.6 is 0 Å². The van der Waals surface area contributed by atoms with Gasteiger partial charge in [-0.1, -0.05) is 12.1 Å². The van der Waals surface area contributed by atoms with E-state index in [1.807, 2.05) is 31.2 Å². The van der Waals surface area contributed by atoms with Crippen molar-refractivity contribution >= 4 is 16.6 Å². The van der Waals surface area contributed by atoms with Crippen LogP contribution in [0.25, 0.3) is 10.9 Å². The van der Waals surface area contributed by atoms with E-state index in [-0.39, 0.29) is 17.5 Å². The zero-order chi connectivity index (χ0) is 25.4. The summed E-state index contributed by atoms with van der Waals surface area (Å²) < 4.78 is 21.1. The Morgan fingerprint density at radius 3 is 2.68 bits per heavy atom. The third-order valence-electron chi connectivity index (χ3n) is 7.40. The summed E-state index contributed by atoms with van der Waals surface area (Å²) in [5.41, 5.74) is 3.36. The van der Waals surface area contributed by atoms with Crippen molar-refractivity contribution in [2.45, 2.75) is 38.5 Å². The molecule has 6 rings (SSSR count). The summed E-state index contributed by atoms with van der Waals surface area (Å²) >= 11 is 0. The van der Waals surface area contributed by atoms with E-state index in [1.54, 1.807) is 16.8 Å². The molecule has 0 spiro atoms. The normalized spacial score (nSPS) is 19.5. The van der Waals surface area contributed by atoms with Gasteiger partial charge in [0, 0.05) is 49.6 Å². The summed E-state index contributed by atoms with van der Waals surface area (Å²) in [5, 5.41) is 13.7. The molecule has 4 aromatic rings. The first-order valence-electron chi connectivity index (χ1n) is 12.8. The fourth-order valence-corrected chi connectivity index (χ4v) is 5.44. The topological polar surface area (TPSA) is 92.2 Å². The van der Waals surface area contributed by atoms with E-state index < -0.39 is 6.04 Å². The van der Waals surface area contributed by atoms with Crippen LogP contribution in [0.2, 0.25) is 0 Å². The Bertz CT molecular complexity index is 1440. The van der Waals surface area contributed by atoms with Gasteiger partial charge in [0.1, 0.15) is 11.9 Å². The van der Waals surface area contributed by atoms with Gasteiger partial charge in [0.25, 0.3) is 5.56 Å². The van der Waals surface area contributed by atoms with Gasteiger partial charge in [0.05, 0.1) is 12.6 Å². The van der Waals surface area contributed by atoms with Gasteiger partial charge >= 0.3 is 0 Å². The van der Waals surface area contributed by atoms with Crippen molar-refractivity contribution < 1.29 is 9.13 Å². The standard InChI is InChI=1S/C27H30FN7O2/c1-18-4-5-19-16-23(27(36)29-24(19)15-18)25(26-30-31-32-35(26)17-22-3-2-14-37-22)34-12-10-33(11-13-34)21-8-6-20(28)7-9-21/h4-9,15-16,22,25H,2-3,10-14,17H2,1H3,(H,29,36)/t22-,25+/m1/s1. The highest BCUT2D eigenvalue weighted by Gasteiger charge is 2.33. The predicted octanol–water partition coefficient (Wildman–Crippen LogP) is 3.05. The number of aromatic amines is 1. The molecule has 2 aliphatic heterocycles. The van der Waals surface area contributed by atoms with Gasteiger partial charge in [-0.15, -0.1) is 5.10 Å². The minimum Gasteiger partial charge on any atom is -0.376 e. The third-order valence-corrected chi connectivity index (χ3v) is 7.40. The lowest BCUT2D eigenvalue weighted by Crippen LogP contribution is -2.49. The second-order valence-corrected chi connectivity index (χ2v) is 9.90. The van der Waals surface area contributed by atoms with E-state index in [4.69, 9.17) is 4.74 Å².